The van der Waals surface area contributed by atoms with Gasteiger partial charge >= 0.3 is 0 Å². The zero-order chi connectivity index (χ0) is 23.2. The Bertz CT molecular complexity index is 1070. The second-order valence-corrected chi connectivity index (χ2v) is 8.87. The van der Waals surface area contributed by atoms with E-state index in [0.29, 0.717) is 29.6 Å². The summed E-state index contributed by atoms with van der Waals surface area (Å²) in [7, 11) is 1.59. The fraction of sp³-hybridized carbons (Fsp3) is 0.379. The molecule has 0 amide bonds. The minimum atomic E-state index is -0.294. The molecule has 0 radical (unpaired) electrons. The third-order valence-corrected chi connectivity index (χ3v) is 6.55. The molecule has 174 valence electrons. The number of rotatable bonds is 9. The predicted octanol–water partition coefficient (Wildman–Crippen LogP) is 7.92. The Morgan fingerprint density at radius 3 is 2.52 bits per heavy atom. The molecule has 3 aromatic rings. The van der Waals surface area contributed by atoms with E-state index >= 15 is 0 Å². The molecule has 0 bridgehead atoms. The lowest BCUT2D eigenvalue weighted by molar-refractivity contribution is 0.210. The molecule has 0 unspecified atom stereocenters. The monoisotopic (exact) mass is 448 g/mol. The van der Waals surface area contributed by atoms with Crippen molar-refractivity contribution in [1.29, 1.82) is 0 Å². The Morgan fingerprint density at radius 1 is 0.939 bits per heavy atom. The van der Waals surface area contributed by atoms with Crippen LogP contribution >= 0.6 is 0 Å². The maximum atomic E-state index is 14.8. The van der Waals surface area contributed by atoms with Gasteiger partial charge in [-0.25, -0.2) is 4.39 Å². The second kappa shape index (κ2) is 10.7. The van der Waals surface area contributed by atoms with Gasteiger partial charge in [0.2, 0.25) is 0 Å². The summed E-state index contributed by atoms with van der Waals surface area (Å²) in [6.45, 7) is 4.84. The molecular formula is C29H33FO3. The van der Waals surface area contributed by atoms with Crippen molar-refractivity contribution in [3.05, 3.63) is 77.6 Å². The van der Waals surface area contributed by atoms with Crippen LogP contribution in [0, 0.1) is 5.82 Å². The third-order valence-electron chi connectivity index (χ3n) is 6.55. The summed E-state index contributed by atoms with van der Waals surface area (Å²) < 4.78 is 32.6. The molecule has 0 saturated heterocycles. The van der Waals surface area contributed by atoms with Gasteiger partial charge in [0.15, 0.2) is 0 Å². The Morgan fingerprint density at radius 2 is 1.76 bits per heavy atom. The molecule has 33 heavy (non-hydrogen) atoms. The van der Waals surface area contributed by atoms with Crippen LogP contribution in [-0.2, 0) is 6.61 Å². The molecule has 0 spiro atoms. The van der Waals surface area contributed by atoms with Crippen LogP contribution in [0.1, 0.15) is 63.0 Å². The highest BCUT2D eigenvalue weighted by molar-refractivity contribution is 5.72. The lowest BCUT2D eigenvalue weighted by Crippen LogP contribution is -2.12. The van der Waals surface area contributed by atoms with Crippen LogP contribution in [0.4, 0.5) is 4.39 Å². The van der Waals surface area contributed by atoms with Crippen molar-refractivity contribution < 1.29 is 18.6 Å². The lowest BCUT2D eigenvalue weighted by Gasteiger charge is -2.19. The SMILES string of the molecule is CC[C@@H](C)c1cccc(OCc2ccc(-c3cc(OC)ccc3F)c(OC3CCCC3)c2)c1. The molecule has 1 aliphatic carbocycles. The lowest BCUT2D eigenvalue weighted by atomic mass is 9.99. The quantitative estimate of drug-likeness (QED) is 0.333. The van der Waals surface area contributed by atoms with Crippen molar-refractivity contribution in [2.45, 2.75) is 64.6 Å². The van der Waals surface area contributed by atoms with Crippen molar-refractivity contribution in [2.75, 3.05) is 7.11 Å². The maximum absolute atomic E-state index is 14.8. The van der Waals surface area contributed by atoms with Gasteiger partial charge < -0.3 is 14.2 Å². The smallest absolute Gasteiger partial charge is 0.131 e. The second-order valence-electron chi connectivity index (χ2n) is 8.87. The Labute approximate surface area is 196 Å². The molecule has 0 heterocycles. The Hall–Kier alpha value is -3.01. The summed E-state index contributed by atoms with van der Waals surface area (Å²) >= 11 is 0. The highest BCUT2D eigenvalue weighted by atomic mass is 19.1. The van der Waals surface area contributed by atoms with E-state index in [0.717, 1.165) is 36.1 Å². The fourth-order valence-electron chi connectivity index (χ4n) is 4.31. The average molecular weight is 449 g/mol. The Balaban J connectivity index is 1.60. The molecule has 1 fully saturated rings. The van der Waals surface area contributed by atoms with Crippen LogP contribution in [-0.4, -0.2) is 13.2 Å². The van der Waals surface area contributed by atoms with Crippen molar-refractivity contribution in [3.8, 4) is 28.4 Å². The van der Waals surface area contributed by atoms with E-state index in [4.69, 9.17) is 14.2 Å². The van der Waals surface area contributed by atoms with Crippen LogP contribution in [0.2, 0.25) is 0 Å². The number of hydrogen-bond acceptors (Lipinski definition) is 3. The standard InChI is InChI=1S/C29H33FO3/c1-4-20(2)22-8-7-11-25(17-22)32-19-21-12-14-26(27-18-24(31-3)13-15-28(27)30)29(16-21)33-23-9-5-6-10-23/h7-8,11-18,20,23H,4-6,9-10,19H2,1-3H3/t20-/m1/s1. The third kappa shape index (κ3) is 5.68. The number of hydrogen-bond donors (Lipinski definition) is 0. The number of benzene rings is 3. The summed E-state index contributed by atoms with van der Waals surface area (Å²) in [4.78, 5) is 0. The van der Waals surface area contributed by atoms with Gasteiger partial charge in [-0.2, -0.15) is 0 Å². The van der Waals surface area contributed by atoms with Gasteiger partial charge in [0.1, 0.15) is 29.7 Å². The van der Waals surface area contributed by atoms with E-state index in [-0.39, 0.29) is 11.9 Å². The van der Waals surface area contributed by atoms with Crippen LogP contribution in [0.15, 0.2) is 60.7 Å². The summed E-state index contributed by atoms with van der Waals surface area (Å²) in [5.74, 6) is 2.37. The first-order valence-electron chi connectivity index (χ1n) is 11.9. The van der Waals surface area contributed by atoms with E-state index in [2.05, 4.69) is 26.0 Å². The van der Waals surface area contributed by atoms with E-state index in [1.54, 1.807) is 19.2 Å². The molecule has 0 aromatic heterocycles. The first-order chi connectivity index (χ1) is 16.1. The van der Waals surface area contributed by atoms with Gasteiger partial charge in [-0.05, 0) is 85.5 Å². The van der Waals surface area contributed by atoms with E-state index in [1.807, 2.05) is 30.3 Å². The Kier molecular flexibility index (Phi) is 7.54. The van der Waals surface area contributed by atoms with Gasteiger partial charge in [0, 0.05) is 11.1 Å². The number of ether oxygens (including phenoxy) is 3. The van der Waals surface area contributed by atoms with Crippen molar-refractivity contribution in [2.24, 2.45) is 0 Å². The predicted molar refractivity (Wildman–Crippen MR) is 131 cm³/mol. The molecule has 1 atom stereocenters. The summed E-state index contributed by atoms with van der Waals surface area (Å²) in [5.41, 5.74) is 3.49. The van der Waals surface area contributed by atoms with Crippen LogP contribution in [0.25, 0.3) is 11.1 Å². The minimum absolute atomic E-state index is 0.167. The van der Waals surface area contributed by atoms with Crippen LogP contribution < -0.4 is 14.2 Å². The fourth-order valence-corrected chi connectivity index (χ4v) is 4.31. The minimum Gasteiger partial charge on any atom is -0.497 e. The van der Waals surface area contributed by atoms with Gasteiger partial charge in [0.05, 0.1) is 13.2 Å². The number of halogens is 1. The van der Waals surface area contributed by atoms with E-state index in [1.165, 1.54) is 24.5 Å². The molecule has 1 aliphatic rings. The van der Waals surface area contributed by atoms with Gasteiger partial charge in [-0.15, -0.1) is 0 Å². The molecule has 4 rings (SSSR count). The van der Waals surface area contributed by atoms with E-state index in [9.17, 15) is 4.39 Å². The molecule has 0 aliphatic heterocycles. The van der Waals surface area contributed by atoms with Gasteiger partial charge in [0.25, 0.3) is 0 Å². The topological polar surface area (TPSA) is 27.7 Å². The normalized spacial score (nSPS) is 14.8. The molecule has 4 heteroatoms. The van der Waals surface area contributed by atoms with Crippen LogP contribution in [0.5, 0.6) is 17.2 Å². The van der Waals surface area contributed by atoms with Crippen molar-refractivity contribution in [3.63, 3.8) is 0 Å². The van der Waals surface area contributed by atoms with E-state index < -0.39 is 0 Å². The zero-order valence-electron chi connectivity index (χ0n) is 19.8. The van der Waals surface area contributed by atoms with Gasteiger partial charge in [-0.1, -0.05) is 38.1 Å². The number of methoxy groups -OCH3 is 1. The van der Waals surface area contributed by atoms with Crippen molar-refractivity contribution in [1.82, 2.24) is 0 Å². The molecule has 1 saturated carbocycles. The molecule has 0 N–H and O–H groups in total. The first kappa shape index (κ1) is 23.2. The largest absolute Gasteiger partial charge is 0.497 e. The maximum Gasteiger partial charge on any atom is 0.131 e. The van der Waals surface area contributed by atoms with Crippen molar-refractivity contribution >= 4 is 0 Å². The first-order valence-corrected chi connectivity index (χ1v) is 11.9. The molecule has 3 nitrogen and oxygen atoms in total. The highest BCUT2D eigenvalue weighted by Crippen LogP contribution is 2.37. The van der Waals surface area contributed by atoms with Gasteiger partial charge in [-0.3, -0.25) is 0 Å². The summed E-state index contributed by atoms with van der Waals surface area (Å²) in [5, 5.41) is 0. The average Bonchev–Trinajstić information content (AvgIpc) is 3.36. The highest BCUT2D eigenvalue weighted by Gasteiger charge is 2.20. The molecule has 3 aromatic carbocycles. The van der Waals surface area contributed by atoms with Crippen LogP contribution in [0.3, 0.4) is 0 Å². The summed E-state index contributed by atoms with van der Waals surface area (Å²) in [6.07, 6.45) is 5.66. The summed E-state index contributed by atoms with van der Waals surface area (Å²) in [6, 6.07) is 19.0. The molecular weight excluding hydrogens is 415 g/mol. The zero-order valence-corrected chi connectivity index (χ0v) is 19.8.